The third kappa shape index (κ3) is 3.85. The van der Waals surface area contributed by atoms with Gasteiger partial charge in [-0.2, -0.15) is 0 Å². The van der Waals surface area contributed by atoms with E-state index in [-0.39, 0.29) is 0 Å². The average Bonchev–Trinajstić information content (AvgIpc) is 3.13. The molecule has 0 radical (unpaired) electrons. The van der Waals surface area contributed by atoms with E-state index in [1.54, 1.807) is 7.11 Å². The fourth-order valence-corrected chi connectivity index (χ4v) is 4.10. The predicted molar refractivity (Wildman–Crippen MR) is 112 cm³/mol. The summed E-state index contributed by atoms with van der Waals surface area (Å²) in [7, 11) is 1.67. The Morgan fingerprint density at radius 3 is 2.46 bits per heavy atom. The highest BCUT2D eigenvalue weighted by atomic mass is 16.5. The lowest BCUT2D eigenvalue weighted by Gasteiger charge is -2.32. The van der Waals surface area contributed by atoms with Gasteiger partial charge >= 0.3 is 0 Å². The smallest absolute Gasteiger partial charge is 0.161 e. The number of hydrogen-bond donors (Lipinski definition) is 0. The summed E-state index contributed by atoms with van der Waals surface area (Å²) >= 11 is 0. The van der Waals surface area contributed by atoms with E-state index in [1.807, 2.05) is 24.3 Å². The second kappa shape index (κ2) is 8.65. The molecule has 0 amide bonds. The molecule has 0 bridgehead atoms. The van der Waals surface area contributed by atoms with Gasteiger partial charge in [-0.15, -0.1) is 0 Å². The first-order valence-electron chi connectivity index (χ1n) is 10.2. The standard InChI is InChI=1S/C23H29N3O2/c1-18(25-14-8-3-9-15-25)23-24-19-10-4-5-11-20(19)26(23)16-17-28-22-13-7-6-12-21(22)27-2/h4-7,10-13,18H,3,8-9,14-17H2,1-2H3. The Morgan fingerprint density at radius 2 is 1.68 bits per heavy atom. The number of fused-ring (bicyclic) bond motifs is 1. The van der Waals surface area contributed by atoms with Gasteiger partial charge in [-0.1, -0.05) is 30.7 Å². The molecule has 1 saturated heterocycles. The van der Waals surface area contributed by atoms with Crippen LogP contribution in [0.25, 0.3) is 11.0 Å². The molecule has 0 spiro atoms. The Kier molecular flexibility index (Phi) is 5.81. The van der Waals surface area contributed by atoms with Crippen molar-refractivity contribution in [2.45, 2.75) is 38.8 Å². The van der Waals surface area contributed by atoms with E-state index in [2.05, 4.69) is 40.7 Å². The van der Waals surface area contributed by atoms with Crippen LogP contribution < -0.4 is 9.47 Å². The number of para-hydroxylation sites is 4. The maximum absolute atomic E-state index is 6.04. The molecule has 148 valence electrons. The molecule has 2 heterocycles. The van der Waals surface area contributed by atoms with Crippen molar-refractivity contribution >= 4 is 11.0 Å². The molecule has 1 aromatic heterocycles. The van der Waals surface area contributed by atoms with Gasteiger partial charge in [0.25, 0.3) is 0 Å². The number of benzene rings is 2. The molecule has 4 rings (SSSR count). The summed E-state index contributed by atoms with van der Waals surface area (Å²) in [4.78, 5) is 7.55. The molecule has 0 N–H and O–H groups in total. The largest absolute Gasteiger partial charge is 0.493 e. The van der Waals surface area contributed by atoms with Crippen LogP contribution in [-0.4, -0.2) is 41.3 Å². The van der Waals surface area contributed by atoms with Crippen LogP contribution in [0.2, 0.25) is 0 Å². The number of aromatic nitrogens is 2. The lowest BCUT2D eigenvalue weighted by atomic mass is 10.1. The van der Waals surface area contributed by atoms with Gasteiger partial charge in [-0.05, 0) is 57.1 Å². The molecular weight excluding hydrogens is 350 g/mol. The van der Waals surface area contributed by atoms with Gasteiger partial charge < -0.3 is 14.0 Å². The number of hydrogen-bond acceptors (Lipinski definition) is 4. The van der Waals surface area contributed by atoms with Crippen molar-refractivity contribution in [3.8, 4) is 11.5 Å². The van der Waals surface area contributed by atoms with Crippen LogP contribution in [0.4, 0.5) is 0 Å². The van der Waals surface area contributed by atoms with E-state index in [1.165, 1.54) is 24.8 Å². The van der Waals surface area contributed by atoms with Crippen LogP contribution in [0.15, 0.2) is 48.5 Å². The molecular formula is C23H29N3O2. The molecule has 0 saturated carbocycles. The second-order valence-electron chi connectivity index (χ2n) is 7.38. The van der Waals surface area contributed by atoms with Crippen molar-refractivity contribution in [2.75, 3.05) is 26.8 Å². The van der Waals surface area contributed by atoms with Crippen molar-refractivity contribution in [2.24, 2.45) is 0 Å². The monoisotopic (exact) mass is 379 g/mol. The Balaban J connectivity index is 1.56. The molecule has 1 unspecified atom stereocenters. The van der Waals surface area contributed by atoms with Crippen molar-refractivity contribution in [1.29, 1.82) is 0 Å². The first kappa shape index (κ1) is 18.8. The number of nitrogens with zero attached hydrogens (tertiary/aromatic N) is 3. The molecule has 5 nitrogen and oxygen atoms in total. The summed E-state index contributed by atoms with van der Waals surface area (Å²) in [6.45, 7) is 5.92. The third-order valence-corrected chi connectivity index (χ3v) is 5.64. The van der Waals surface area contributed by atoms with Gasteiger partial charge in [0.2, 0.25) is 0 Å². The normalized spacial score (nSPS) is 16.2. The fourth-order valence-electron chi connectivity index (χ4n) is 4.10. The van der Waals surface area contributed by atoms with Crippen LogP contribution in [0.3, 0.4) is 0 Å². The van der Waals surface area contributed by atoms with Gasteiger partial charge in [-0.25, -0.2) is 4.98 Å². The summed E-state index contributed by atoms with van der Waals surface area (Å²) in [5.41, 5.74) is 2.23. The van der Waals surface area contributed by atoms with E-state index >= 15 is 0 Å². The van der Waals surface area contributed by atoms with Crippen LogP contribution in [0.1, 0.15) is 38.1 Å². The average molecular weight is 380 g/mol. The summed E-state index contributed by atoms with van der Waals surface area (Å²) < 4.78 is 13.8. The lowest BCUT2D eigenvalue weighted by molar-refractivity contribution is 0.164. The first-order chi connectivity index (χ1) is 13.8. The Morgan fingerprint density at radius 1 is 0.964 bits per heavy atom. The number of ether oxygens (including phenoxy) is 2. The number of piperidine rings is 1. The SMILES string of the molecule is COc1ccccc1OCCn1c(C(C)N2CCCCC2)nc2ccccc21. The van der Waals surface area contributed by atoms with Crippen LogP contribution in [-0.2, 0) is 6.54 Å². The van der Waals surface area contributed by atoms with Gasteiger partial charge in [-0.3, -0.25) is 4.90 Å². The molecule has 1 fully saturated rings. The molecule has 28 heavy (non-hydrogen) atoms. The minimum absolute atomic E-state index is 0.305. The van der Waals surface area contributed by atoms with Gasteiger partial charge in [0.1, 0.15) is 12.4 Å². The van der Waals surface area contributed by atoms with E-state index in [0.717, 1.165) is 42.5 Å². The lowest BCUT2D eigenvalue weighted by Crippen LogP contribution is -2.34. The fraction of sp³-hybridized carbons (Fsp3) is 0.435. The Bertz CT molecular complexity index is 915. The van der Waals surface area contributed by atoms with Gasteiger partial charge in [0.05, 0.1) is 30.7 Å². The van der Waals surface area contributed by atoms with Crippen molar-refractivity contribution in [3.05, 3.63) is 54.4 Å². The molecule has 1 aliphatic heterocycles. The highest BCUT2D eigenvalue weighted by Gasteiger charge is 2.23. The zero-order valence-corrected chi connectivity index (χ0v) is 16.8. The maximum atomic E-state index is 6.04. The minimum Gasteiger partial charge on any atom is -0.493 e. The molecule has 2 aromatic carbocycles. The van der Waals surface area contributed by atoms with E-state index < -0.39 is 0 Å². The van der Waals surface area contributed by atoms with E-state index in [9.17, 15) is 0 Å². The summed E-state index contributed by atoms with van der Waals surface area (Å²) in [5, 5.41) is 0. The van der Waals surface area contributed by atoms with Gasteiger partial charge in [0, 0.05) is 0 Å². The number of methoxy groups -OCH3 is 1. The van der Waals surface area contributed by atoms with Gasteiger partial charge in [0.15, 0.2) is 11.5 Å². The summed E-state index contributed by atoms with van der Waals surface area (Å²) in [5.74, 6) is 2.67. The topological polar surface area (TPSA) is 39.5 Å². The molecule has 5 heteroatoms. The maximum Gasteiger partial charge on any atom is 0.161 e. The Hall–Kier alpha value is -2.53. The number of imidazole rings is 1. The Labute approximate surface area is 166 Å². The summed E-state index contributed by atoms with van der Waals surface area (Å²) in [6, 6.07) is 16.5. The van der Waals surface area contributed by atoms with E-state index in [4.69, 9.17) is 14.5 Å². The predicted octanol–water partition coefficient (Wildman–Crippen LogP) is 4.67. The minimum atomic E-state index is 0.305. The van der Waals surface area contributed by atoms with Crippen molar-refractivity contribution in [1.82, 2.24) is 14.5 Å². The highest BCUT2D eigenvalue weighted by molar-refractivity contribution is 5.76. The zero-order valence-electron chi connectivity index (χ0n) is 16.8. The number of rotatable bonds is 7. The van der Waals surface area contributed by atoms with Crippen molar-refractivity contribution < 1.29 is 9.47 Å². The summed E-state index contributed by atoms with van der Waals surface area (Å²) in [6.07, 6.45) is 3.90. The van der Waals surface area contributed by atoms with E-state index in [0.29, 0.717) is 12.6 Å². The molecule has 0 aliphatic carbocycles. The quantitative estimate of drug-likeness (QED) is 0.598. The molecule has 1 atom stereocenters. The van der Waals surface area contributed by atoms with Crippen LogP contribution in [0.5, 0.6) is 11.5 Å². The van der Waals surface area contributed by atoms with Crippen LogP contribution >= 0.6 is 0 Å². The second-order valence-corrected chi connectivity index (χ2v) is 7.38. The number of likely N-dealkylation sites (tertiary alicyclic amines) is 1. The molecule has 3 aromatic rings. The zero-order chi connectivity index (χ0) is 19.3. The van der Waals surface area contributed by atoms with Crippen LogP contribution in [0, 0.1) is 0 Å². The first-order valence-corrected chi connectivity index (χ1v) is 10.2. The molecule has 1 aliphatic rings. The highest BCUT2D eigenvalue weighted by Crippen LogP contribution is 2.28. The van der Waals surface area contributed by atoms with Crippen molar-refractivity contribution in [3.63, 3.8) is 0 Å². The third-order valence-electron chi connectivity index (χ3n) is 5.64.